The van der Waals surface area contributed by atoms with Crippen LogP contribution in [0, 0.1) is 18.6 Å². The molecule has 2 heterocycles. The van der Waals surface area contributed by atoms with Gasteiger partial charge in [-0.2, -0.15) is 0 Å². The topological polar surface area (TPSA) is 64.0 Å². The fourth-order valence-corrected chi connectivity index (χ4v) is 4.64. The van der Waals surface area contributed by atoms with E-state index < -0.39 is 17.2 Å². The van der Waals surface area contributed by atoms with Gasteiger partial charge >= 0.3 is 0 Å². The van der Waals surface area contributed by atoms with Crippen LogP contribution in [0.15, 0.2) is 57.8 Å². The second kappa shape index (κ2) is 8.78. The summed E-state index contributed by atoms with van der Waals surface area (Å²) in [5.74, 6) is -2.07. The van der Waals surface area contributed by atoms with E-state index in [9.17, 15) is 18.4 Å². The van der Waals surface area contributed by atoms with Crippen LogP contribution in [-0.2, 0) is 4.79 Å². The molecule has 0 fully saturated rings. The zero-order chi connectivity index (χ0) is 22.1. The lowest BCUT2D eigenvalue weighted by atomic mass is 10.2. The summed E-state index contributed by atoms with van der Waals surface area (Å²) in [5, 5.41) is 5.11. The molecule has 0 aliphatic rings. The zero-order valence-electron chi connectivity index (χ0n) is 16.0. The van der Waals surface area contributed by atoms with Gasteiger partial charge in [0.05, 0.1) is 17.0 Å². The van der Waals surface area contributed by atoms with Crippen molar-refractivity contribution in [1.29, 1.82) is 0 Å². The number of aryl methyl sites for hydroxylation is 1. The summed E-state index contributed by atoms with van der Waals surface area (Å²) in [4.78, 5) is 29.9. The quantitative estimate of drug-likeness (QED) is 0.308. The van der Waals surface area contributed by atoms with Crippen LogP contribution in [-0.4, -0.2) is 21.2 Å². The minimum Gasteiger partial charge on any atom is -0.325 e. The number of thioether (sulfide) groups is 1. The fraction of sp³-hybridized carbons (Fsp3) is 0.0952. The third-order valence-electron chi connectivity index (χ3n) is 4.34. The Bertz CT molecular complexity index is 1350. The van der Waals surface area contributed by atoms with E-state index in [0.29, 0.717) is 20.9 Å². The lowest BCUT2D eigenvalue weighted by Crippen LogP contribution is -2.22. The molecule has 0 aliphatic carbocycles. The minimum absolute atomic E-state index is 0.00137. The maximum Gasteiger partial charge on any atom is 0.276 e. The van der Waals surface area contributed by atoms with Crippen molar-refractivity contribution in [2.45, 2.75) is 12.1 Å². The molecule has 31 heavy (non-hydrogen) atoms. The number of amides is 1. The molecule has 10 heteroatoms. The number of hydrogen-bond donors (Lipinski definition) is 1. The molecule has 2 aromatic carbocycles. The Hall–Kier alpha value is -2.75. The molecule has 0 unspecified atom stereocenters. The predicted molar refractivity (Wildman–Crippen MR) is 121 cm³/mol. The van der Waals surface area contributed by atoms with E-state index in [0.717, 1.165) is 40.1 Å². The number of anilines is 1. The molecular formula is C21H14ClF2N3O2S2. The Morgan fingerprint density at radius 2 is 1.94 bits per heavy atom. The summed E-state index contributed by atoms with van der Waals surface area (Å²) in [6.45, 7) is 1.85. The highest BCUT2D eigenvalue weighted by Gasteiger charge is 2.17. The maximum atomic E-state index is 13.8. The molecule has 158 valence electrons. The number of benzene rings is 2. The number of fused-ring (bicyclic) bond motifs is 1. The predicted octanol–water partition coefficient (Wildman–Crippen LogP) is 5.42. The largest absolute Gasteiger partial charge is 0.325 e. The molecule has 0 spiro atoms. The standard InChI is InChI=1S/C21H14ClF2N3O2S2/c1-11-2-3-14(9-16(11)22)25-18(28)10-31-21-26-17-4-5-30-19(17)20(29)27(21)15-7-12(23)6-13(24)8-15/h2-9H,10H2,1H3,(H,25,28). The van der Waals surface area contributed by atoms with Gasteiger partial charge in [0, 0.05) is 16.8 Å². The molecule has 2 aromatic heterocycles. The number of aromatic nitrogens is 2. The molecule has 0 aliphatic heterocycles. The van der Waals surface area contributed by atoms with E-state index >= 15 is 0 Å². The maximum absolute atomic E-state index is 13.8. The number of nitrogens with zero attached hydrogens (tertiary/aromatic N) is 2. The van der Waals surface area contributed by atoms with E-state index in [1.54, 1.807) is 29.6 Å². The summed E-state index contributed by atoms with van der Waals surface area (Å²) in [6, 6.07) is 9.64. The van der Waals surface area contributed by atoms with E-state index in [1.165, 1.54) is 11.3 Å². The van der Waals surface area contributed by atoms with E-state index in [1.807, 2.05) is 6.92 Å². The first-order valence-corrected chi connectivity index (χ1v) is 11.2. The summed E-state index contributed by atoms with van der Waals surface area (Å²) in [6.07, 6.45) is 0. The average Bonchev–Trinajstić information content (AvgIpc) is 3.17. The molecule has 4 rings (SSSR count). The van der Waals surface area contributed by atoms with Gasteiger partial charge < -0.3 is 5.32 Å². The number of halogens is 3. The summed E-state index contributed by atoms with van der Waals surface area (Å²) >= 11 is 8.25. The van der Waals surface area contributed by atoms with Gasteiger partial charge in [0.2, 0.25) is 5.91 Å². The highest BCUT2D eigenvalue weighted by atomic mass is 35.5. The van der Waals surface area contributed by atoms with Crippen LogP contribution in [0.4, 0.5) is 14.5 Å². The average molecular weight is 478 g/mol. The van der Waals surface area contributed by atoms with Gasteiger partial charge in [-0.3, -0.25) is 14.2 Å². The highest BCUT2D eigenvalue weighted by molar-refractivity contribution is 7.99. The first-order valence-electron chi connectivity index (χ1n) is 8.97. The fourth-order valence-electron chi connectivity index (χ4n) is 2.88. The minimum atomic E-state index is -0.821. The van der Waals surface area contributed by atoms with Crippen LogP contribution in [0.25, 0.3) is 15.9 Å². The van der Waals surface area contributed by atoms with Gasteiger partial charge in [0.25, 0.3) is 5.56 Å². The first kappa shape index (κ1) is 21.5. The van der Waals surface area contributed by atoms with Crippen LogP contribution < -0.4 is 10.9 Å². The van der Waals surface area contributed by atoms with Crippen LogP contribution in [0.5, 0.6) is 0 Å². The van der Waals surface area contributed by atoms with Gasteiger partial charge in [-0.1, -0.05) is 29.4 Å². The monoisotopic (exact) mass is 477 g/mol. The molecule has 0 atom stereocenters. The molecule has 0 saturated heterocycles. The second-order valence-corrected chi connectivity index (χ2v) is 8.86. The Kier molecular flexibility index (Phi) is 6.08. The van der Waals surface area contributed by atoms with Gasteiger partial charge in [-0.15, -0.1) is 11.3 Å². The van der Waals surface area contributed by atoms with Crippen LogP contribution in [0.1, 0.15) is 5.56 Å². The van der Waals surface area contributed by atoms with Crippen molar-refractivity contribution in [1.82, 2.24) is 9.55 Å². The van der Waals surface area contributed by atoms with Gasteiger partial charge in [0.1, 0.15) is 16.3 Å². The molecule has 0 bridgehead atoms. The molecule has 0 radical (unpaired) electrons. The Morgan fingerprint density at radius 1 is 1.19 bits per heavy atom. The van der Waals surface area contributed by atoms with Gasteiger partial charge in [0.15, 0.2) is 5.16 Å². The first-order chi connectivity index (χ1) is 14.8. The van der Waals surface area contributed by atoms with Crippen molar-refractivity contribution < 1.29 is 13.6 Å². The van der Waals surface area contributed by atoms with Gasteiger partial charge in [-0.05, 0) is 48.2 Å². The Morgan fingerprint density at radius 3 is 2.65 bits per heavy atom. The second-order valence-electron chi connectivity index (χ2n) is 6.60. The molecular weight excluding hydrogens is 464 g/mol. The van der Waals surface area contributed by atoms with Crippen molar-refractivity contribution in [2.75, 3.05) is 11.1 Å². The molecule has 4 aromatic rings. The Labute approximate surface area is 188 Å². The lowest BCUT2D eigenvalue weighted by molar-refractivity contribution is -0.113. The normalized spacial score (nSPS) is 11.1. The number of thiophene rings is 1. The van der Waals surface area contributed by atoms with Crippen molar-refractivity contribution in [3.8, 4) is 5.69 Å². The van der Waals surface area contributed by atoms with Crippen molar-refractivity contribution in [3.05, 3.63) is 80.4 Å². The zero-order valence-corrected chi connectivity index (χ0v) is 18.4. The Balaban J connectivity index is 1.65. The van der Waals surface area contributed by atoms with Crippen molar-refractivity contribution in [2.24, 2.45) is 0 Å². The number of carbonyl (C=O) groups is 1. The highest BCUT2D eigenvalue weighted by Crippen LogP contribution is 2.25. The van der Waals surface area contributed by atoms with Crippen LogP contribution in [0.2, 0.25) is 5.02 Å². The third-order valence-corrected chi connectivity index (χ3v) is 6.58. The summed E-state index contributed by atoms with van der Waals surface area (Å²) < 4.78 is 29.1. The summed E-state index contributed by atoms with van der Waals surface area (Å²) in [5.41, 5.74) is 1.41. The van der Waals surface area contributed by atoms with E-state index in [2.05, 4.69) is 10.3 Å². The van der Waals surface area contributed by atoms with E-state index in [-0.39, 0.29) is 22.5 Å². The number of rotatable bonds is 5. The molecule has 1 amide bonds. The third kappa shape index (κ3) is 4.63. The number of hydrogen-bond acceptors (Lipinski definition) is 5. The van der Waals surface area contributed by atoms with Crippen LogP contribution >= 0.6 is 34.7 Å². The summed E-state index contributed by atoms with van der Waals surface area (Å²) in [7, 11) is 0. The number of nitrogens with one attached hydrogen (secondary N) is 1. The molecule has 1 N–H and O–H groups in total. The smallest absolute Gasteiger partial charge is 0.276 e. The SMILES string of the molecule is Cc1ccc(NC(=O)CSc2nc3ccsc3c(=O)n2-c2cc(F)cc(F)c2)cc1Cl. The van der Waals surface area contributed by atoms with Crippen molar-refractivity contribution >= 4 is 56.5 Å². The number of carbonyl (C=O) groups excluding carboxylic acids is 1. The molecule has 0 saturated carbocycles. The van der Waals surface area contributed by atoms with Crippen LogP contribution in [0.3, 0.4) is 0 Å². The van der Waals surface area contributed by atoms with Gasteiger partial charge in [-0.25, -0.2) is 13.8 Å². The lowest BCUT2D eigenvalue weighted by Gasteiger charge is -2.12. The molecule has 5 nitrogen and oxygen atoms in total. The van der Waals surface area contributed by atoms with E-state index in [4.69, 9.17) is 11.6 Å². The van der Waals surface area contributed by atoms with Crippen molar-refractivity contribution in [3.63, 3.8) is 0 Å².